The molecule has 3 aromatic rings. The average molecular weight is 327 g/mol. The van der Waals surface area contributed by atoms with Crippen LogP contribution in [0, 0.1) is 0 Å². The summed E-state index contributed by atoms with van der Waals surface area (Å²) in [5.41, 5.74) is 2.05. The Kier molecular flexibility index (Phi) is 4.65. The van der Waals surface area contributed by atoms with Gasteiger partial charge in [-0.25, -0.2) is 4.79 Å². The molecule has 0 amide bonds. The number of aryl methyl sites for hydroxylation is 1. The first kappa shape index (κ1) is 15.9. The number of esters is 1. The van der Waals surface area contributed by atoms with Crippen LogP contribution in [-0.2, 0) is 22.7 Å². The fourth-order valence-electron chi connectivity index (χ4n) is 2.39. The molecule has 0 spiro atoms. The van der Waals surface area contributed by atoms with Gasteiger partial charge in [0.1, 0.15) is 12.4 Å². The smallest absolute Gasteiger partial charge is 0.419 e. The monoisotopic (exact) mass is 327 g/mol. The fraction of sp³-hybridized carbons (Fsp3) is 0.222. The summed E-state index contributed by atoms with van der Waals surface area (Å²) in [6, 6.07) is 14.4. The summed E-state index contributed by atoms with van der Waals surface area (Å²) in [5, 5.41) is 0. The van der Waals surface area contributed by atoms with Gasteiger partial charge in [0.15, 0.2) is 5.58 Å². The third-order valence-electron chi connectivity index (χ3n) is 3.67. The topological polar surface area (TPSA) is 70.7 Å². The highest BCUT2D eigenvalue weighted by Crippen LogP contribution is 2.13. The van der Waals surface area contributed by atoms with Crippen LogP contribution in [0.5, 0.6) is 5.75 Å². The molecule has 0 unspecified atom stereocenters. The molecule has 0 bridgehead atoms. The molecular formula is C18H17NO5. The average Bonchev–Trinajstić information content (AvgIpc) is 2.93. The zero-order valence-corrected chi connectivity index (χ0v) is 13.2. The quantitative estimate of drug-likeness (QED) is 0.651. The number of carbonyl (C=O) groups is 1. The van der Waals surface area contributed by atoms with Crippen molar-refractivity contribution in [3.63, 3.8) is 0 Å². The molecule has 0 aliphatic heterocycles. The van der Waals surface area contributed by atoms with Crippen molar-refractivity contribution in [1.29, 1.82) is 0 Å². The van der Waals surface area contributed by atoms with Crippen molar-refractivity contribution >= 4 is 17.1 Å². The lowest BCUT2D eigenvalue weighted by atomic mass is 10.2. The van der Waals surface area contributed by atoms with Crippen molar-refractivity contribution < 1.29 is 18.7 Å². The van der Waals surface area contributed by atoms with Crippen LogP contribution >= 0.6 is 0 Å². The molecule has 0 atom stereocenters. The first-order chi connectivity index (χ1) is 11.7. The molecule has 1 heterocycles. The molecule has 0 aliphatic carbocycles. The minimum atomic E-state index is -0.473. The van der Waals surface area contributed by atoms with Gasteiger partial charge >= 0.3 is 11.7 Å². The van der Waals surface area contributed by atoms with Crippen LogP contribution in [0.1, 0.15) is 12.0 Å². The fourth-order valence-corrected chi connectivity index (χ4v) is 2.39. The maximum Gasteiger partial charge on any atom is 0.419 e. The van der Waals surface area contributed by atoms with Gasteiger partial charge < -0.3 is 13.9 Å². The molecular weight excluding hydrogens is 310 g/mol. The maximum atomic E-state index is 11.9. The van der Waals surface area contributed by atoms with Crippen molar-refractivity contribution in [3.05, 3.63) is 64.6 Å². The standard InChI is InChI=1S/C18H17NO5/c1-22-14-8-6-13(7-9-14)12-23-17(20)10-11-19-15-4-2-3-5-16(15)24-18(19)21/h2-9H,10-12H2,1H3. The molecule has 0 aliphatic rings. The lowest BCUT2D eigenvalue weighted by Crippen LogP contribution is -2.17. The van der Waals surface area contributed by atoms with Crippen LogP contribution in [0.3, 0.4) is 0 Å². The lowest BCUT2D eigenvalue weighted by molar-refractivity contribution is -0.145. The number of nitrogens with zero attached hydrogens (tertiary/aromatic N) is 1. The highest BCUT2D eigenvalue weighted by atomic mass is 16.5. The predicted molar refractivity (Wildman–Crippen MR) is 87.9 cm³/mol. The predicted octanol–water partition coefficient (Wildman–Crippen LogP) is 2.74. The maximum absolute atomic E-state index is 11.9. The van der Waals surface area contributed by atoms with E-state index in [9.17, 15) is 9.59 Å². The second-order valence-corrected chi connectivity index (χ2v) is 5.25. The number of hydrogen-bond acceptors (Lipinski definition) is 5. The van der Waals surface area contributed by atoms with Gasteiger partial charge in [-0.2, -0.15) is 0 Å². The summed E-state index contributed by atoms with van der Waals surface area (Å²) in [7, 11) is 1.59. The van der Waals surface area contributed by atoms with Gasteiger partial charge in [-0.15, -0.1) is 0 Å². The Labute approximate surface area is 138 Å². The number of oxazole rings is 1. The normalized spacial score (nSPS) is 10.7. The number of carbonyl (C=O) groups excluding carboxylic acids is 1. The van der Waals surface area contributed by atoms with E-state index in [0.717, 1.165) is 11.3 Å². The Morgan fingerprint density at radius 1 is 1.12 bits per heavy atom. The zero-order chi connectivity index (χ0) is 16.9. The van der Waals surface area contributed by atoms with E-state index in [1.165, 1.54) is 4.57 Å². The van der Waals surface area contributed by atoms with Gasteiger partial charge in [-0.1, -0.05) is 24.3 Å². The number of methoxy groups -OCH3 is 1. The van der Waals surface area contributed by atoms with E-state index in [0.29, 0.717) is 11.1 Å². The van der Waals surface area contributed by atoms with Crippen molar-refractivity contribution in [2.24, 2.45) is 0 Å². The van der Waals surface area contributed by atoms with E-state index in [4.69, 9.17) is 13.9 Å². The van der Waals surface area contributed by atoms with Crippen molar-refractivity contribution in [2.45, 2.75) is 19.6 Å². The molecule has 0 radical (unpaired) electrons. The number of para-hydroxylation sites is 2. The van der Waals surface area contributed by atoms with Gasteiger partial charge in [-0.3, -0.25) is 9.36 Å². The van der Waals surface area contributed by atoms with E-state index in [-0.39, 0.29) is 25.5 Å². The molecule has 0 saturated heterocycles. The highest BCUT2D eigenvalue weighted by Gasteiger charge is 2.11. The SMILES string of the molecule is COc1ccc(COC(=O)CCn2c(=O)oc3ccccc32)cc1. The van der Waals surface area contributed by atoms with Crippen LogP contribution in [-0.4, -0.2) is 17.6 Å². The number of benzene rings is 2. The second-order valence-electron chi connectivity index (χ2n) is 5.25. The number of aromatic nitrogens is 1. The molecule has 6 heteroatoms. The van der Waals surface area contributed by atoms with Crippen LogP contribution in [0.4, 0.5) is 0 Å². The van der Waals surface area contributed by atoms with Crippen LogP contribution in [0.25, 0.3) is 11.1 Å². The second kappa shape index (κ2) is 7.04. The van der Waals surface area contributed by atoms with Crippen molar-refractivity contribution in [1.82, 2.24) is 4.57 Å². The first-order valence-electron chi connectivity index (χ1n) is 7.54. The Morgan fingerprint density at radius 2 is 1.88 bits per heavy atom. The minimum Gasteiger partial charge on any atom is -0.497 e. The highest BCUT2D eigenvalue weighted by molar-refractivity contribution is 5.73. The molecule has 0 N–H and O–H groups in total. The Balaban J connectivity index is 1.57. The summed E-state index contributed by atoms with van der Waals surface area (Å²) in [4.78, 5) is 23.7. The Morgan fingerprint density at radius 3 is 2.62 bits per heavy atom. The van der Waals surface area contributed by atoms with Gasteiger partial charge in [-0.05, 0) is 29.8 Å². The number of ether oxygens (including phenoxy) is 2. The summed E-state index contributed by atoms with van der Waals surface area (Å²) in [6.07, 6.45) is 0.0968. The molecule has 6 nitrogen and oxygen atoms in total. The lowest BCUT2D eigenvalue weighted by Gasteiger charge is -2.06. The van der Waals surface area contributed by atoms with Crippen molar-refractivity contribution in [3.8, 4) is 5.75 Å². The molecule has 124 valence electrons. The molecule has 1 aromatic heterocycles. The van der Waals surface area contributed by atoms with Gasteiger partial charge in [0.25, 0.3) is 0 Å². The first-order valence-corrected chi connectivity index (χ1v) is 7.54. The van der Waals surface area contributed by atoms with Crippen molar-refractivity contribution in [2.75, 3.05) is 7.11 Å². The minimum absolute atomic E-state index is 0.0968. The van der Waals surface area contributed by atoms with E-state index < -0.39 is 5.76 Å². The van der Waals surface area contributed by atoms with E-state index in [1.54, 1.807) is 37.4 Å². The molecule has 2 aromatic carbocycles. The molecule has 0 saturated carbocycles. The molecule has 3 rings (SSSR count). The summed E-state index contributed by atoms with van der Waals surface area (Å²) in [6.45, 7) is 0.404. The van der Waals surface area contributed by atoms with E-state index in [2.05, 4.69) is 0 Å². The van der Waals surface area contributed by atoms with Gasteiger partial charge in [0.05, 0.1) is 19.0 Å². The summed E-state index contributed by atoms with van der Waals surface area (Å²) >= 11 is 0. The summed E-state index contributed by atoms with van der Waals surface area (Å²) in [5.74, 6) is -0.0987. The van der Waals surface area contributed by atoms with E-state index >= 15 is 0 Å². The molecule has 0 fully saturated rings. The van der Waals surface area contributed by atoms with Crippen LogP contribution < -0.4 is 10.5 Å². The van der Waals surface area contributed by atoms with Gasteiger partial charge in [0, 0.05) is 6.54 Å². The largest absolute Gasteiger partial charge is 0.497 e. The Hall–Kier alpha value is -3.02. The Bertz CT molecular complexity index is 892. The zero-order valence-electron chi connectivity index (χ0n) is 13.2. The third kappa shape index (κ3) is 3.48. The third-order valence-corrected chi connectivity index (χ3v) is 3.67. The van der Waals surface area contributed by atoms with Crippen LogP contribution in [0.15, 0.2) is 57.7 Å². The summed E-state index contributed by atoms with van der Waals surface area (Å²) < 4.78 is 16.9. The number of fused-ring (bicyclic) bond motifs is 1. The number of rotatable bonds is 6. The number of hydrogen-bond donors (Lipinski definition) is 0. The van der Waals surface area contributed by atoms with Crippen LogP contribution in [0.2, 0.25) is 0 Å². The van der Waals surface area contributed by atoms with E-state index in [1.807, 2.05) is 18.2 Å². The van der Waals surface area contributed by atoms with Gasteiger partial charge in [0.2, 0.25) is 0 Å². The molecule has 24 heavy (non-hydrogen) atoms.